The van der Waals surface area contributed by atoms with Crippen molar-refractivity contribution in [2.75, 3.05) is 0 Å². The van der Waals surface area contributed by atoms with Gasteiger partial charge in [-0.15, -0.1) is 0 Å². The van der Waals surface area contributed by atoms with E-state index in [0.717, 1.165) is 31.4 Å². The molecule has 0 aromatic heterocycles. The van der Waals surface area contributed by atoms with Crippen molar-refractivity contribution in [3.8, 4) is 5.75 Å². The van der Waals surface area contributed by atoms with E-state index >= 15 is 0 Å². The first-order valence-corrected chi connectivity index (χ1v) is 7.61. The molecule has 0 spiro atoms. The number of hydrogen-bond acceptors (Lipinski definition) is 3. The first-order chi connectivity index (χ1) is 9.57. The molecular weight excluding hydrogens is 252 g/mol. The lowest BCUT2D eigenvalue weighted by Crippen LogP contribution is -2.41. The largest absolute Gasteiger partial charge is 0.490 e. The molecule has 108 valence electrons. The number of hydrogen-bond donors (Lipinski definition) is 1. The van der Waals surface area contributed by atoms with Gasteiger partial charge in [-0.1, -0.05) is 6.92 Å². The van der Waals surface area contributed by atoms with Crippen molar-refractivity contribution in [1.82, 2.24) is 0 Å². The number of ketones is 1. The zero-order valence-corrected chi connectivity index (χ0v) is 12.0. The minimum absolute atomic E-state index is 0.137. The van der Waals surface area contributed by atoms with E-state index in [1.54, 1.807) is 12.1 Å². The number of aliphatic hydroxyl groups is 1. The van der Waals surface area contributed by atoms with Crippen LogP contribution in [0.5, 0.6) is 5.75 Å². The Balaban J connectivity index is 1.69. The molecule has 0 radical (unpaired) electrons. The maximum absolute atomic E-state index is 12.5. The fourth-order valence-corrected chi connectivity index (χ4v) is 2.80. The maximum Gasteiger partial charge on any atom is 0.194 e. The number of rotatable bonds is 4. The summed E-state index contributed by atoms with van der Waals surface area (Å²) in [5.41, 5.74) is -0.573. The lowest BCUT2D eigenvalue weighted by molar-refractivity contribution is 0.00426. The van der Waals surface area contributed by atoms with Gasteiger partial charge in [-0.3, -0.25) is 4.79 Å². The number of carbonyl (C=O) groups excluding carboxylic acids is 1. The zero-order valence-electron chi connectivity index (χ0n) is 12.0. The van der Waals surface area contributed by atoms with E-state index in [-0.39, 0.29) is 5.78 Å². The summed E-state index contributed by atoms with van der Waals surface area (Å²) >= 11 is 0. The van der Waals surface area contributed by atoms with Crippen LogP contribution in [0.2, 0.25) is 0 Å². The molecule has 0 unspecified atom stereocenters. The van der Waals surface area contributed by atoms with Crippen LogP contribution in [0.15, 0.2) is 24.3 Å². The van der Waals surface area contributed by atoms with Crippen molar-refractivity contribution in [3.05, 3.63) is 29.8 Å². The molecule has 1 N–H and O–H groups in total. The molecule has 2 aliphatic carbocycles. The Labute approximate surface area is 120 Å². The Morgan fingerprint density at radius 1 is 1.15 bits per heavy atom. The van der Waals surface area contributed by atoms with Crippen LogP contribution >= 0.6 is 0 Å². The van der Waals surface area contributed by atoms with Gasteiger partial charge >= 0.3 is 0 Å². The molecule has 3 rings (SSSR count). The second-order valence-corrected chi connectivity index (χ2v) is 6.38. The van der Waals surface area contributed by atoms with Gasteiger partial charge in [0.05, 0.1) is 6.10 Å². The fourth-order valence-electron chi connectivity index (χ4n) is 2.80. The SMILES string of the molecule is CC1CCC(O)(C(=O)c2ccc(OC3CC3)cc2)CC1. The van der Waals surface area contributed by atoms with Crippen LogP contribution in [-0.2, 0) is 0 Å². The summed E-state index contributed by atoms with van der Waals surface area (Å²) in [5.74, 6) is 1.29. The molecule has 1 aromatic carbocycles. The Hall–Kier alpha value is -1.35. The Kier molecular flexibility index (Phi) is 3.55. The van der Waals surface area contributed by atoms with Gasteiger partial charge in [0.2, 0.25) is 0 Å². The Bertz CT molecular complexity index is 479. The van der Waals surface area contributed by atoms with Gasteiger partial charge in [-0.05, 0) is 68.7 Å². The number of carbonyl (C=O) groups is 1. The number of benzene rings is 1. The normalized spacial score (nSPS) is 30.0. The van der Waals surface area contributed by atoms with Crippen molar-refractivity contribution in [3.63, 3.8) is 0 Å². The van der Waals surface area contributed by atoms with Crippen LogP contribution in [-0.4, -0.2) is 22.6 Å². The fraction of sp³-hybridized carbons (Fsp3) is 0.588. The predicted octanol–water partition coefficient (Wildman–Crippen LogP) is 3.35. The van der Waals surface area contributed by atoms with Gasteiger partial charge in [-0.25, -0.2) is 0 Å². The highest BCUT2D eigenvalue weighted by molar-refractivity contribution is 6.02. The van der Waals surface area contributed by atoms with Crippen LogP contribution in [0.25, 0.3) is 0 Å². The highest BCUT2D eigenvalue weighted by atomic mass is 16.5. The first kappa shape index (κ1) is 13.6. The molecule has 3 heteroatoms. The minimum Gasteiger partial charge on any atom is -0.490 e. The Morgan fingerprint density at radius 3 is 2.30 bits per heavy atom. The van der Waals surface area contributed by atoms with Crippen molar-refractivity contribution in [1.29, 1.82) is 0 Å². The Morgan fingerprint density at radius 2 is 1.75 bits per heavy atom. The molecule has 2 fully saturated rings. The molecule has 0 aliphatic heterocycles. The van der Waals surface area contributed by atoms with E-state index in [9.17, 15) is 9.90 Å². The second-order valence-electron chi connectivity index (χ2n) is 6.38. The summed E-state index contributed by atoms with van der Waals surface area (Å²) in [4.78, 5) is 12.5. The highest BCUT2D eigenvalue weighted by Gasteiger charge is 2.39. The van der Waals surface area contributed by atoms with E-state index in [1.807, 2.05) is 12.1 Å². The molecule has 2 aliphatic rings. The summed E-state index contributed by atoms with van der Waals surface area (Å²) in [5, 5.41) is 10.6. The topological polar surface area (TPSA) is 46.5 Å². The molecule has 1 aromatic rings. The van der Waals surface area contributed by atoms with Gasteiger partial charge in [0.15, 0.2) is 5.78 Å². The van der Waals surface area contributed by atoms with Gasteiger partial charge in [0.25, 0.3) is 0 Å². The van der Waals surface area contributed by atoms with Gasteiger partial charge in [0, 0.05) is 5.56 Å². The van der Waals surface area contributed by atoms with Crippen LogP contribution in [0.3, 0.4) is 0 Å². The highest BCUT2D eigenvalue weighted by Crippen LogP contribution is 2.34. The standard InChI is InChI=1S/C17H22O3/c1-12-8-10-17(19,11-9-12)16(18)13-2-4-14(5-3-13)20-15-6-7-15/h2-5,12,15,19H,6-11H2,1H3. The molecule has 0 bridgehead atoms. The van der Waals surface area contributed by atoms with Crippen LogP contribution in [0.4, 0.5) is 0 Å². The molecule has 20 heavy (non-hydrogen) atoms. The van der Waals surface area contributed by atoms with Gasteiger partial charge < -0.3 is 9.84 Å². The minimum atomic E-state index is -1.16. The molecule has 3 nitrogen and oxygen atoms in total. The molecule has 0 amide bonds. The number of ether oxygens (including phenoxy) is 1. The summed E-state index contributed by atoms with van der Waals surface area (Å²) in [6.45, 7) is 2.17. The third-order valence-corrected chi connectivity index (χ3v) is 4.47. The third-order valence-electron chi connectivity index (χ3n) is 4.47. The van der Waals surface area contributed by atoms with E-state index in [1.165, 1.54) is 0 Å². The zero-order chi connectivity index (χ0) is 14.2. The van der Waals surface area contributed by atoms with Crippen molar-refractivity contribution in [2.45, 2.75) is 57.2 Å². The summed E-state index contributed by atoms with van der Waals surface area (Å²) in [6, 6.07) is 7.22. The summed E-state index contributed by atoms with van der Waals surface area (Å²) < 4.78 is 5.67. The lowest BCUT2D eigenvalue weighted by atomic mass is 9.76. The molecule has 0 saturated heterocycles. The van der Waals surface area contributed by atoms with Crippen molar-refractivity contribution < 1.29 is 14.6 Å². The maximum atomic E-state index is 12.5. The molecule has 2 saturated carbocycles. The molecule has 0 atom stereocenters. The average molecular weight is 274 g/mol. The van der Waals surface area contributed by atoms with E-state index < -0.39 is 5.60 Å². The summed E-state index contributed by atoms with van der Waals surface area (Å²) in [7, 11) is 0. The summed E-state index contributed by atoms with van der Waals surface area (Å²) in [6.07, 6.45) is 5.61. The van der Waals surface area contributed by atoms with Crippen LogP contribution in [0, 0.1) is 5.92 Å². The van der Waals surface area contributed by atoms with Crippen LogP contribution in [0.1, 0.15) is 55.8 Å². The molecular formula is C17H22O3. The van der Waals surface area contributed by atoms with Crippen molar-refractivity contribution in [2.24, 2.45) is 5.92 Å². The van der Waals surface area contributed by atoms with Crippen molar-refractivity contribution >= 4 is 5.78 Å². The number of Topliss-reactive ketones (excluding diaryl/α,β-unsaturated/α-hetero) is 1. The van der Waals surface area contributed by atoms with E-state index in [2.05, 4.69) is 6.92 Å². The second kappa shape index (κ2) is 5.21. The quantitative estimate of drug-likeness (QED) is 0.856. The average Bonchev–Trinajstić information content (AvgIpc) is 3.26. The first-order valence-electron chi connectivity index (χ1n) is 7.61. The van der Waals surface area contributed by atoms with Gasteiger partial charge in [-0.2, -0.15) is 0 Å². The smallest absolute Gasteiger partial charge is 0.194 e. The lowest BCUT2D eigenvalue weighted by Gasteiger charge is -2.33. The monoisotopic (exact) mass is 274 g/mol. The van der Waals surface area contributed by atoms with Crippen LogP contribution < -0.4 is 4.74 Å². The molecule has 0 heterocycles. The van der Waals surface area contributed by atoms with Gasteiger partial charge in [0.1, 0.15) is 11.4 Å². The van der Waals surface area contributed by atoms with E-state index in [4.69, 9.17) is 4.74 Å². The third kappa shape index (κ3) is 2.88. The predicted molar refractivity (Wildman–Crippen MR) is 77.0 cm³/mol. The van der Waals surface area contributed by atoms with E-state index in [0.29, 0.717) is 30.4 Å².